The van der Waals surface area contributed by atoms with Crippen LogP contribution in [0.4, 0.5) is 0 Å². The summed E-state index contributed by atoms with van der Waals surface area (Å²) >= 11 is 0. The summed E-state index contributed by atoms with van der Waals surface area (Å²) in [6.07, 6.45) is 4.42. The highest BCUT2D eigenvalue weighted by molar-refractivity contribution is 5.88. The number of Topliss-reactive ketones (excluding diaryl/α,β-unsaturated/α-hetero) is 1. The standard InChI is InChI=1S/C15H19NO2/c1-15(18)11-16(2)13(10-14(15)17)9-8-12-6-4-3-5-7-12/h3-9,13,18H,10-11H2,1-2H3/b9-8+/t13-,15+/m1/s1. The number of carbonyl (C=O) groups excluding carboxylic acids is 1. The van der Waals surface area contributed by atoms with Crippen LogP contribution in [-0.2, 0) is 4.79 Å². The molecule has 0 saturated carbocycles. The Labute approximate surface area is 108 Å². The molecule has 0 spiro atoms. The van der Waals surface area contributed by atoms with Crippen molar-refractivity contribution in [1.82, 2.24) is 4.90 Å². The molecule has 1 heterocycles. The Hall–Kier alpha value is -1.45. The lowest BCUT2D eigenvalue weighted by Crippen LogP contribution is -2.54. The topological polar surface area (TPSA) is 40.5 Å². The Morgan fingerprint density at radius 1 is 1.39 bits per heavy atom. The Morgan fingerprint density at radius 2 is 2.06 bits per heavy atom. The summed E-state index contributed by atoms with van der Waals surface area (Å²) in [5.74, 6) is -0.0803. The number of likely N-dealkylation sites (N-methyl/N-ethyl adjacent to an activating group) is 1. The van der Waals surface area contributed by atoms with Gasteiger partial charge in [-0.15, -0.1) is 0 Å². The normalized spacial score (nSPS) is 29.9. The van der Waals surface area contributed by atoms with Gasteiger partial charge in [-0.3, -0.25) is 9.69 Å². The minimum Gasteiger partial charge on any atom is -0.381 e. The molecule has 1 aliphatic heterocycles. The first-order valence-electron chi connectivity index (χ1n) is 6.18. The fourth-order valence-electron chi connectivity index (χ4n) is 2.26. The Balaban J connectivity index is 2.07. The van der Waals surface area contributed by atoms with Gasteiger partial charge in [-0.2, -0.15) is 0 Å². The van der Waals surface area contributed by atoms with Gasteiger partial charge in [-0.25, -0.2) is 0 Å². The van der Waals surface area contributed by atoms with Crippen molar-refractivity contribution in [2.45, 2.75) is 25.0 Å². The van der Waals surface area contributed by atoms with Crippen LogP contribution in [0.15, 0.2) is 36.4 Å². The van der Waals surface area contributed by atoms with Crippen molar-refractivity contribution in [2.75, 3.05) is 13.6 Å². The summed E-state index contributed by atoms with van der Waals surface area (Å²) in [6.45, 7) is 1.97. The van der Waals surface area contributed by atoms with Gasteiger partial charge >= 0.3 is 0 Å². The van der Waals surface area contributed by atoms with Crippen LogP contribution in [-0.4, -0.2) is 41.0 Å². The van der Waals surface area contributed by atoms with Gasteiger partial charge in [0.25, 0.3) is 0 Å². The minimum atomic E-state index is -1.20. The van der Waals surface area contributed by atoms with Crippen molar-refractivity contribution >= 4 is 11.9 Å². The number of nitrogens with zero attached hydrogens (tertiary/aromatic N) is 1. The van der Waals surface area contributed by atoms with E-state index in [0.29, 0.717) is 13.0 Å². The van der Waals surface area contributed by atoms with Gasteiger partial charge in [0.15, 0.2) is 5.78 Å². The van der Waals surface area contributed by atoms with Gasteiger partial charge in [-0.1, -0.05) is 42.5 Å². The molecule has 0 unspecified atom stereocenters. The van der Waals surface area contributed by atoms with Gasteiger partial charge in [0.05, 0.1) is 0 Å². The predicted octanol–water partition coefficient (Wildman–Crippen LogP) is 1.72. The number of carbonyl (C=O) groups is 1. The molecule has 0 bridgehead atoms. The highest BCUT2D eigenvalue weighted by atomic mass is 16.3. The van der Waals surface area contributed by atoms with Gasteiger partial charge in [0.1, 0.15) is 5.60 Å². The molecule has 0 radical (unpaired) electrons. The quantitative estimate of drug-likeness (QED) is 0.862. The number of benzene rings is 1. The van der Waals surface area contributed by atoms with Crippen molar-refractivity contribution in [2.24, 2.45) is 0 Å². The SMILES string of the molecule is CN1C[C@](C)(O)C(=O)C[C@H]1/C=C/c1ccccc1. The molecule has 1 aliphatic rings. The Kier molecular flexibility index (Phi) is 3.64. The summed E-state index contributed by atoms with van der Waals surface area (Å²) in [4.78, 5) is 13.8. The first-order chi connectivity index (χ1) is 8.49. The average Bonchev–Trinajstić information content (AvgIpc) is 2.33. The number of ketones is 1. The Bertz CT molecular complexity index is 451. The van der Waals surface area contributed by atoms with Crippen molar-refractivity contribution in [3.63, 3.8) is 0 Å². The molecule has 1 fully saturated rings. The van der Waals surface area contributed by atoms with Crippen LogP contribution in [0.1, 0.15) is 18.9 Å². The molecular formula is C15H19NO2. The van der Waals surface area contributed by atoms with Crippen LogP contribution in [0.5, 0.6) is 0 Å². The summed E-state index contributed by atoms with van der Waals surface area (Å²) < 4.78 is 0. The van der Waals surface area contributed by atoms with E-state index in [1.807, 2.05) is 54.4 Å². The molecule has 0 aliphatic carbocycles. The molecule has 0 amide bonds. The van der Waals surface area contributed by atoms with E-state index in [1.165, 1.54) is 0 Å². The molecule has 1 aromatic carbocycles. The number of aliphatic hydroxyl groups is 1. The van der Waals surface area contributed by atoms with Gasteiger partial charge in [-0.05, 0) is 19.5 Å². The van der Waals surface area contributed by atoms with Crippen molar-refractivity contribution in [1.29, 1.82) is 0 Å². The maximum Gasteiger partial charge on any atom is 0.167 e. The second kappa shape index (κ2) is 5.04. The van der Waals surface area contributed by atoms with Crippen LogP contribution in [0.25, 0.3) is 6.08 Å². The fourth-order valence-corrected chi connectivity index (χ4v) is 2.26. The molecule has 3 heteroatoms. The lowest BCUT2D eigenvalue weighted by Gasteiger charge is -2.38. The van der Waals surface area contributed by atoms with Crippen molar-refractivity contribution < 1.29 is 9.90 Å². The van der Waals surface area contributed by atoms with E-state index in [2.05, 4.69) is 0 Å². The third-order valence-electron chi connectivity index (χ3n) is 3.43. The molecule has 1 saturated heterocycles. The molecule has 18 heavy (non-hydrogen) atoms. The predicted molar refractivity (Wildman–Crippen MR) is 72.1 cm³/mol. The van der Waals surface area contributed by atoms with E-state index < -0.39 is 5.60 Å². The highest BCUT2D eigenvalue weighted by Crippen LogP contribution is 2.22. The van der Waals surface area contributed by atoms with Crippen LogP contribution in [0.2, 0.25) is 0 Å². The maximum atomic E-state index is 11.8. The first-order valence-corrected chi connectivity index (χ1v) is 6.18. The van der Waals surface area contributed by atoms with E-state index >= 15 is 0 Å². The lowest BCUT2D eigenvalue weighted by atomic mass is 9.89. The van der Waals surface area contributed by atoms with Gasteiger partial charge in [0, 0.05) is 19.0 Å². The van der Waals surface area contributed by atoms with Crippen molar-refractivity contribution in [3.8, 4) is 0 Å². The van der Waals surface area contributed by atoms with Crippen molar-refractivity contribution in [3.05, 3.63) is 42.0 Å². The van der Waals surface area contributed by atoms with Crippen LogP contribution in [0, 0.1) is 0 Å². The largest absolute Gasteiger partial charge is 0.381 e. The Morgan fingerprint density at radius 3 is 2.72 bits per heavy atom. The number of β-amino-alcohol motifs (C(OH)–C–C–N with tert-alkyl or cyclic N) is 1. The highest BCUT2D eigenvalue weighted by Gasteiger charge is 2.38. The minimum absolute atomic E-state index is 0.0675. The van der Waals surface area contributed by atoms with Crippen LogP contribution < -0.4 is 0 Å². The molecule has 96 valence electrons. The van der Waals surface area contributed by atoms with Crippen LogP contribution in [0.3, 0.4) is 0 Å². The average molecular weight is 245 g/mol. The maximum absolute atomic E-state index is 11.8. The summed E-state index contributed by atoms with van der Waals surface area (Å²) in [5.41, 5.74) is -0.0815. The molecular weight excluding hydrogens is 226 g/mol. The third-order valence-corrected chi connectivity index (χ3v) is 3.43. The summed E-state index contributed by atoms with van der Waals surface area (Å²) in [6, 6.07) is 10.1. The monoisotopic (exact) mass is 245 g/mol. The molecule has 1 aromatic rings. The van der Waals surface area contributed by atoms with Crippen LogP contribution >= 0.6 is 0 Å². The molecule has 3 nitrogen and oxygen atoms in total. The number of rotatable bonds is 2. The van der Waals surface area contributed by atoms with E-state index in [9.17, 15) is 9.90 Å². The molecule has 2 rings (SSSR count). The zero-order valence-electron chi connectivity index (χ0n) is 10.8. The third kappa shape index (κ3) is 2.86. The number of likely N-dealkylation sites (tertiary alicyclic amines) is 1. The summed E-state index contributed by atoms with van der Waals surface area (Å²) in [7, 11) is 1.93. The molecule has 2 atom stereocenters. The number of piperidine rings is 1. The van der Waals surface area contributed by atoms with E-state index in [4.69, 9.17) is 0 Å². The van der Waals surface area contributed by atoms with Gasteiger partial charge in [0.2, 0.25) is 0 Å². The lowest BCUT2D eigenvalue weighted by molar-refractivity contribution is -0.143. The molecule has 1 N–H and O–H groups in total. The van der Waals surface area contributed by atoms with Gasteiger partial charge < -0.3 is 5.11 Å². The zero-order valence-corrected chi connectivity index (χ0v) is 10.8. The fraction of sp³-hybridized carbons (Fsp3) is 0.400. The summed E-state index contributed by atoms with van der Waals surface area (Å²) in [5, 5.41) is 9.90. The van der Waals surface area contributed by atoms with E-state index in [0.717, 1.165) is 5.56 Å². The van der Waals surface area contributed by atoms with E-state index in [1.54, 1.807) is 6.92 Å². The molecule has 0 aromatic heterocycles. The zero-order chi connectivity index (χ0) is 13.2. The second-order valence-electron chi connectivity index (χ2n) is 5.15. The number of hydrogen-bond acceptors (Lipinski definition) is 3. The van der Waals surface area contributed by atoms with E-state index in [-0.39, 0.29) is 11.8 Å². The smallest absolute Gasteiger partial charge is 0.167 e. The second-order valence-corrected chi connectivity index (χ2v) is 5.15. The first kappa shape index (κ1) is 13.0. The number of hydrogen-bond donors (Lipinski definition) is 1.